The largest absolute Gasteiger partial charge is 0.618 e. The van der Waals surface area contributed by atoms with Gasteiger partial charge in [0.25, 0.3) is 10.9 Å². The zero-order chi connectivity index (χ0) is 34.5. The number of hydrogen-bond acceptors (Lipinski definition) is 8. The van der Waals surface area contributed by atoms with Crippen molar-refractivity contribution in [3.05, 3.63) is 161 Å². The summed E-state index contributed by atoms with van der Waals surface area (Å²) >= 11 is 1.46. The van der Waals surface area contributed by atoms with Gasteiger partial charge >= 0.3 is 0 Å². The molecule has 0 saturated carbocycles. The first-order valence-corrected chi connectivity index (χ1v) is 17.5. The van der Waals surface area contributed by atoms with E-state index in [0.29, 0.717) is 22.8 Å². The number of fused-ring (bicyclic) bond motifs is 1. The summed E-state index contributed by atoms with van der Waals surface area (Å²) in [6.07, 6.45) is 1.88. The van der Waals surface area contributed by atoms with Crippen LogP contribution in [0.1, 0.15) is 52.1 Å². The van der Waals surface area contributed by atoms with Crippen LogP contribution in [0.25, 0.3) is 22.2 Å². The fourth-order valence-electron chi connectivity index (χ4n) is 6.11. The number of aliphatic hydroxyl groups excluding tert-OH is 1. The summed E-state index contributed by atoms with van der Waals surface area (Å²) in [6, 6.07) is 36.7. The smallest absolute Gasteiger partial charge is 0.271 e. The maximum absolute atomic E-state index is 13.0. The second-order valence-electron chi connectivity index (χ2n) is 12.2. The van der Waals surface area contributed by atoms with Gasteiger partial charge < -0.3 is 25.1 Å². The van der Waals surface area contributed by atoms with Gasteiger partial charge in [0.05, 0.1) is 36.0 Å². The van der Waals surface area contributed by atoms with E-state index in [2.05, 4.69) is 22.2 Å². The van der Waals surface area contributed by atoms with Gasteiger partial charge in [0.15, 0.2) is 12.5 Å². The first kappa shape index (κ1) is 33.4. The molecule has 0 spiro atoms. The van der Waals surface area contributed by atoms with Crippen molar-refractivity contribution < 1.29 is 24.1 Å². The summed E-state index contributed by atoms with van der Waals surface area (Å²) < 4.78 is 14.1. The van der Waals surface area contributed by atoms with Gasteiger partial charge in [-0.1, -0.05) is 104 Å². The monoisotopic (exact) mass is 684 g/mol. The van der Waals surface area contributed by atoms with Crippen LogP contribution in [0.15, 0.2) is 133 Å². The lowest BCUT2D eigenvalue weighted by Crippen LogP contribution is -2.39. The molecule has 1 aliphatic rings. The Kier molecular flexibility index (Phi) is 10.1. The van der Waals surface area contributed by atoms with Gasteiger partial charge in [0.2, 0.25) is 0 Å². The summed E-state index contributed by atoms with van der Waals surface area (Å²) in [5, 5.41) is 25.5. The Morgan fingerprint density at radius 3 is 2.38 bits per heavy atom. The number of hydrogen-bond donors (Lipinski definition) is 2. The molecule has 1 fully saturated rings. The topological polar surface area (TPSA) is 121 Å². The average Bonchev–Trinajstić information content (AvgIpc) is 3.17. The number of ether oxygens (including phenoxy) is 2. The average molecular weight is 685 g/mol. The number of benzene rings is 4. The highest BCUT2D eigenvalue weighted by Gasteiger charge is 2.38. The van der Waals surface area contributed by atoms with Gasteiger partial charge in [-0.3, -0.25) is 9.78 Å². The molecular weight excluding hydrogens is 649 g/mol. The lowest BCUT2D eigenvalue weighted by Gasteiger charge is -2.41. The van der Waals surface area contributed by atoms with Crippen molar-refractivity contribution in [2.75, 3.05) is 5.75 Å². The second-order valence-corrected chi connectivity index (χ2v) is 13.2. The molecule has 7 rings (SSSR count). The van der Waals surface area contributed by atoms with Crippen LogP contribution >= 0.6 is 11.8 Å². The molecule has 4 atom stereocenters. The zero-order valence-corrected chi connectivity index (χ0v) is 28.2. The van der Waals surface area contributed by atoms with Crippen LogP contribution in [0.3, 0.4) is 0 Å². The Morgan fingerprint density at radius 2 is 1.60 bits per heavy atom. The molecule has 0 aliphatic carbocycles. The molecule has 1 amide bonds. The van der Waals surface area contributed by atoms with Gasteiger partial charge in [0.1, 0.15) is 5.69 Å². The number of carbonyl (C=O) groups excluding carboxylic acids is 1. The quantitative estimate of drug-likeness (QED) is 0.0905. The highest BCUT2D eigenvalue weighted by Crippen LogP contribution is 2.43. The van der Waals surface area contributed by atoms with Gasteiger partial charge in [-0.05, 0) is 46.0 Å². The number of thioether (sulfide) groups is 1. The van der Waals surface area contributed by atoms with E-state index in [1.54, 1.807) is 6.07 Å². The third-order valence-corrected chi connectivity index (χ3v) is 10.0. The van der Waals surface area contributed by atoms with E-state index in [1.807, 2.05) is 109 Å². The highest BCUT2D eigenvalue weighted by atomic mass is 32.2. The van der Waals surface area contributed by atoms with Crippen LogP contribution in [0.2, 0.25) is 0 Å². The lowest BCUT2D eigenvalue weighted by atomic mass is 9.91. The highest BCUT2D eigenvalue weighted by molar-refractivity contribution is 7.99. The predicted molar refractivity (Wildman–Crippen MR) is 192 cm³/mol. The number of nitrogens with zero attached hydrogens (tertiary/aromatic N) is 3. The first-order valence-electron chi connectivity index (χ1n) is 16.5. The van der Waals surface area contributed by atoms with Gasteiger partial charge in [0, 0.05) is 35.9 Å². The van der Waals surface area contributed by atoms with E-state index in [-0.39, 0.29) is 36.3 Å². The van der Waals surface area contributed by atoms with Crippen LogP contribution in [0.4, 0.5) is 0 Å². The molecule has 1 aliphatic heterocycles. The summed E-state index contributed by atoms with van der Waals surface area (Å²) in [6.45, 7) is 2.40. The molecule has 4 aromatic carbocycles. The van der Waals surface area contributed by atoms with Crippen molar-refractivity contribution in [1.82, 2.24) is 15.3 Å². The van der Waals surface area contributed by atoms with Crippen LogP contribution in [0.5, 0.6) is 0 Å². The van der Waals surface area contributed by atoms with Crippen molar-refractivity contribution >= 4 is 28.7 Å². The van der Waals surface area contributed by atoms with Crippen molar-refractivity contribution in [2.45, 2.75) is 43.6 Å². The van der Waals surface area contributed by atoms with E-state index in [4.69, 9.17) is 9.47 Å². The molecular formula is C40H36N4O5S. The molecule has 6 aromatic rings. The number of pyridine rings is 1. The minimum atomic E-state index is -0.638. The molecule has 2 aromatic heterocycles. The van der Waals surface area contributed by atoms with Crippen molar-refractivity contribution in [2.24, 2.45) is 5.92 Å². The Hall–Kier alpha value is -5.13. The molecule has 9 nitrogen and oxygen atoms in total. The Morgan fingerprint density at radius 1 is 0.880 bits per heavy atom. The Labute approximate surface area is 294 Å². The molecule has 0 unspecified atom stereocenters. The maximum atomic E-state index is 13.0. The SMILES string of the molecule is C[C@H]1[C@@H](CSc2cccc[n+]2[O-])O[C@@H](c2ccc(-c3ccccc3CNC(=O)c3cnc4ccccc4n3)cc2)O[C@H]1c1ccc(CO)cc1. The number of nitrogens with one attached hydrogen (secondary N) is 1. The van der Waals surface area contributed by atoms with Gasteiger partial charge in [-0.15, -0.1) is 0 Å². The summed E-state index contributed by atoms with van der Waals surface area (Å²) in [4.78, 5) is 21.9. The van der Waals surface area contributed by atoms with E-state index >= 15 is 0 Å². The minimum Gasteiger partial charge on any atom is -0.618 e. The summed E-state index contributed by atoms with van der Waals surface area (Å²) in [5.74, 6) is 0.268. The van der Waals surface area contributed by atoms with Crippen LogP contribution in [-0.2, 0) is 22.6 Å². The van der Waals surface area contributed by atoms with Gasteiger partial charge in [-0.25, -0.2) is 4.98 Å². The molecule has 2 N–H and O–H groups in total. The Bertz CT molecular complexity index is 2090. The third kappa shape index (κ3) is 7.39. The molecule has 3 heterocycles. The third-order valence-electron chi connectivity index (χ3n) is 8.94. The minimum absolute atomic E-state index is 0.00973. The van der Waals surface area contributed by atoms with Crippen LogP contribution in [0, 0.1) is 11.1 Å². The normalized spacial score (nSPS) is 18.9. The van der Waals surface area contributed by atoms with E-state index in [9.17, 15) is 15.1 Å². The predicted octanol–water partition coefficient (Wildman–Crippen LogP) is 6.94. The van der Waals surface area contributed by atoms with Crippen LogP contribution in [-0.4, -0.2) is 32.8 Å². The maximum Gasteiger partial charge on any atom is 0.271 e. The van der Waals surface area contributed by atoms with Crippen molar-refractivity contribution in [1.29, 1.82) is 0 Å². The Balaban J connectivity index is 1.09. The number of aliphatic hydroxyl groups is 1. The molecule has 50 heavy (non-hydrogen) atoms. The number of carbonyl (C=O) groups is 1. The lowest BCUT2D eigenvalue weighted by molar-refractivity contribution is -0.645. The molecule has 0 bridgehead atoms. The molecule has 1 saturated heterocycles. The molecule has 252 valence electrons. The summed E-state index contributed by atoms with van der Waals surface area (Å²) in [5.41, 5.74) is 7.31. The number of aromatic nitrogens is 3. The van der Waals surface area contributed by atoms with E-state index in [0.717, 1.165) is 43.6 Å². The van der Waals surface area contributed by atoms with Gasteiger partial charge in [-0.2, -0.15) is 4.73 Å². The number of rotatable bonds is 10. The van der Waals surface area contributed by atoms with E-state index in [1.165, 1.54) is 24.2 Å². The standard InChI is InChI=1S/C40H36N4O5S/c1-26-36(25-50-37-12-6-7-21-44(37)47)48-40(49-38(26)29-15-13-27(24-45)14-16-29)30-19-17-28(18-20-30)32-9-3-2-8-31(32)22-42-39(46)35-23-41-33-10-4-5-11-34(33)43-35/h2-21,23,26,36,38,40,45H,22,24-25H2,1H3,(H,42,46)/t26-,36+,38+,40+/m0/s1. The zero-order valence-electron chi connectivity index (χ0n) is 27.4. The first-order chi connectivity index (χ1) is 24.5. The second kappa shape index (κ2) is 15.2. The molecule has 0 radical (unpaired) electrons. The van der Waals surface area contributed by atoms with Crippen molar-refractivity contribution in [3.63, 3.8) is 0 Å². The fourth-order valence-corrected chi connectivity index (χ4v) is 7.19. The van der Waals surface area contributed by atoms with E-state index < -0.39 is 6.29 Å². The fraction of sp³-hybridized carbons (Fsp3) is 0.200. The molecule has 10 heteroatoms. The number of para-hydroxylation sites is 2. The van der Waals surface area contributed by atoms with Crippen molar-refractivity contribution in [3.8, 4) is 11.1 Å². The van der Waals surface area contributed by atoms with Crippen LogP contribution < -0.4 is 10.0 Å². The summed E-state index contributed by atoms with van der Waals surface area (Å²) in [7, 11) is 0. The number of amides is 1.